The van der Waals surface area contributed by atoms with Gasteiger partial charge in [0.25, 0.3) is 0 Å². The Bertz CT molecular complexity index is 176. The molecule has 0 radical (unpaired) electrons. The van der Waals surface area contributed by atoms with Crippen molar-refractivity contribution in [1.29, 1.82) is 0 Å². The zero-order valence-electron chi connectivity index (χ0n) is 9.21. The molecule has 1 rings (SSSR count). The van der Waals surface area contributed by atoms with E-state index in [-0.39, 0.29) is 17.9 Å². The maximum atomic E-state index is 11.5. The molecule has 3 heteroatoms. The summed E-state index contributed by atoms with van der Waals surface area (Å²) >= 11 is 0. The summed E-state index contributed by atoms with van der Waals surface area (Å²) in [6.07, 6.45) is 4.51. The quantitative estimate of drug-likeness (QED) is 0.732. The molecule has 0 spiro atoms. The van der Waals surface area contributed by atoms with E-state index in [9.17, 15) is 4.79 Å². The summed E-state index contributed by atoms with van der Waals surface area (Å²) < 4.78 is 5.43. The Morgan fingerprint density at radius 1 is 1.64 bits per heavy atom. The van der Waals surface area contributed by atoms with Gasteiger partial charge in [-0.3, -0.25) is 4.79 Å². The van der Waals surface area contributed by atoms with Crippen molar-refractivity contribution in [2.45, 2.75) is 45.6 Å². The van der Waals surface area contributed by atoms with E-state index in [1.165, 1.54) is 0 Å². The van der Waals surface area contributed by atoms with Crippen LogP contribution in [0.2, 0.25) is 0 Å². The number of hydrogen-bond acceptors (Lipinski definition) is 2. The molecule has 1 aliphatic rings. The first-order valence-electron chi connectivity index (χ1n) is 5.63. The average Bonchev–Trinajstić information content (AvgIpc) is 2.67. The largest absolute Gasteiger partial charge is 0.376 e. The maximum absolute atomic E-state index is 11.5. The fourth-order valence-electron chi connectivity index (χ4n) is 1.76. The lowest BCUT2D eigenvalue weighted by Crippen LogP contribution is -2.35. The van der Waals surface area contributed by atoms with Crippen molar-refractivity contribution < 1.29 is 9.53 Å². The van der Waals surface area contributed by atoms with Gasteiger partial charge in [-0.25, -0.2) is 0 Å². The molecule has 1 aliphatic heterocycles. The third-order valence-corrected chi connectivity index (χ3v) is 2.70. The Balaban J connectivity index is 2.13. The number of rotatable bonds is 5. The highest BCUT2D eigenvalue weighted by molar-refractivity contribution is 5.78. The highest BCUT2D eigenvalue weighted by Gasteiger charge is 2.17. The summed E-state index contributed by atoms with van der Waals surface area (Å²) in [6, 6.07) is 0. The van der Waals surface area contributed by atoms with Gasteiger partial charge in [-0.1, -0.05) is 20.3 Å². The molecule has 0 aromatic carbocycles. The average molecular weight is 199 g/mol. The van der Waals surface area contributed by atoms with Crippen LogP contribution in [-0.2, 0) is 9.53 Å². The van der Waals surface area contributed by atoms with E-state index in [1.807, 2.05) is 6.92 Å². The van der Waals surface area contributed by atoms with Crippen molar-refractivity contribution in [1.82, 2.24) is 5.32 Å². The first-order chi connectivity index (χ1) is 6.74. The van der Waals surface area contributed by atoms with Crippen LogP contribution in [0.15, 0.2) is 0 Å². The number of amides is 1. The van der Waals surface area contributed by atoms with Crippen molar-refractivity contribution in [3.05, 3.63) is 0 Å². The molecular weight excluding hydrogens is 178 g/mol. The van der Waals surface area contributed by atoms with Gasteiger partial charge >= 0.3 is 0 Å². The van der Waals surface area contributed by atoms with E-state index in [2.05, 4.69) is 12.2 Å². The molecule has 0 saturated carbocycles. The molecule has 0 aromatic heterocycles. The van der Waals surface area contributed by atoms with Crippen LogP contribution in [0.4, 0.5) is 0 Å². The standard InChI is InChI=1S/C11H21NO2/c1-3-5-9(2)11(13)12-8-10-6-4-7-14-10/h9-10H,3-8H2,1-2H3,(H,12,13)/t9-,10+/m0/s1. The van der Waals surface area contributed by atoms with Crippen LogP contribution in [-0.4, -0.2) is 25.2 Å². The summed E-state index contributed by atoms with van der Waals surface area (Å²) in [6.45, 7) is 5.62. The first kappa shape index (κ1) is 11.5. The van der Waals surface area contributed by atoms with Crippen LogP contribution < -0.4 is 5.32 Å². The molecule has 1 saturated heterocycles. The smallest absolute Gasteiger partial charge is 0.222 e. The Morgan fingerprint density at radius 3 is 3.00 bits per heavy atom. The minimum atomic E-state index is 0.140. The zero-order chi connectivity index (χ0) is 10.4. The van der Waals surface area contributed by atoms with Crippen molar-refractivity contribution in [3.63, 3.8) is 0 Å². The maximum Gasteiger partial charge on any atom is 0.222 e. The van der Waals surface area contributed by atoms with Crippen LogP contribution in [0.1, 0.15) is 39.5 Å². The van der Waals surface area contributed by atoms with E-state index in [0.29, 0.717) is 6.54 Å². The molecule has 14 heavy (non-hydrogen) atoms. The van der Waals surface area contributed by atoms with Crippen LogP contribution in [0.5, 0.6) is 0 Å². The molecule has 0 bridgehead atoms. The first-order valence-corrected chi connectivity index (χ1v) is 5.63. The normalized spacial score (nSPS) is 23.4. The van der Waals surface area contributed by atoms with Crippen molar-refractivity contribution >= 4 is 5.91 Å². The second-order valence-corrected chi connectivity index (χ2v) is 4.07. The van der Waals surface area contributed by atoms with Crippen molar-refractivity contribution in [2.75, 3.05) is 13.2 Å². The Labute approximate surface area is 86.2 Å². The van der Waals surface area contributed by atoms with E-state index in [4.69, 9.17) is 4.74 Å². The molecule has 0 aromatic rings. The van der Waals surface area contributed by atoms with Gasteiger partial charge in [0.2, 0.25) is 5.91 Å². The SMILES string of the molecule is CCC[C@H](C)C(=O)NC[C@H]1CCCO1. The second-order valence-electron chi connectivity index (χ2n) is 4.07. The Morgan fingerprint density at radius 2 is 2.43 bits per heavy atom. The summed E-state index contributed by atoms with van der Waals surface area (Å²) in [7, 11) is 0. The molecule has 1 amide bonds. The molecule has 0 aliphatic carbocycles. The van der Waals surface area contributed by atoms with E-state index in [1.54, 1.807) is 0 Å². The van der Waals surface area contributed by atoms with Crippen molar-refractivity contribution in [3.8, 4) is 0 Å². The van der Waals surface area contributed by atoms with Gasteiger partial charge in [0.1, 0.15) is 0 Å². The van der Waals surface area contributed by atoms with Gasteiger partial charge in [-0.15, -0.1) is 0 Å². The lowest BCUT2D eigenvalue weighted by atomic mass is 10.1. The highest BCUT2D eigenvalue weighted by atomic mass is 16.5. The lowest BCUT2D eigenvalue weighted by molar-refractivity contribution is -0.125. The van der Waals surface area contributed by atoms with E-state index < -0.39 is 0 Å². The molecular formula is C11H21NO2. The monoisotopic (exact) mass is 199 g/mol. The van der Waals surface area contributed by atoms with Gasteiger partial charge in [-0.05, 0) is 19.3 Å². The van der Waals surface area contributed by atoms with Crippen LogP contribution >= 0.6 is 0 Å². The summed E-state index contributed by atoms with van der Waals surface area (Å²) in [5.41, 5.74) is 0. The topological polar surface area (TPSA) is 38.3 Å². The number of nitrogens with one attached hydrogen (secondary N) is 1. The predicted octanol–water partition coefficient (Wildman–Crippen LogP) is 1.72. The number of hydrogen-bond donors (Lipinski definition) is 1. The second kappa shape index (κ2) is 6.02. The van der Waals surface area contributed by atoms with Crippen LogP contribution in [0.3, 0.4) is 0 Å². The predicted molar refractivity (Wildman–Crippen MR) is 56.1 cm³/mol. The number of carbonyl (C=O) groups excluding carboxylic acids is 1. The lowest BCUT2D eigenvalue weighted by Gasteiger charge is -2.14. The minimum absolute atomic E-state index is 0.140. The van der Waals surface area contributed by atoms with Crippen LogP contribution in [0, 0.1) is 5.92 Å². The summed E-state index contributed by atoms with van der Waals surface area (Å²) in [5, 5.41) is 2.95. The number of ether oxygens (including phenoxy) is 1. The van der Waals surface area contributed by atoms with Gasteiger partial charge in [0.15, 0.2) is 0 Å². The molecule has 3 nitrogen and oxygen atoms in total. The molecule has 1 heterocycles. The third kappa shape index (κ3) is 3.66. The van der Waals surface area contributed by atoms with Gasteiger partial charge in [0.05, 0.1) is 6.10 Å². The fraction of sp³-hybridized carbons (Fsp3) is 0.909. The molecule has 0 unspecified atom stereocenters. The summed E-state index contributed by atoms with van der Waals surface area (Å²) in [5.74, 6) is 0.309. The minimum Gasteiger partial charge on any atom is -0.376 e. The zero-order valence-corrected chi connectivity index (χ0v) is 9.21. The molecule has 2 atom stereocenters. The fourth-order valence-corrected chi connectivity index (χ4v) is 1.76. The van der Waals surface area contributed by atoms with E-state index in [0.717, 1.165) is 32.3 Å². The van der Waals surface area contributed by atoms with Gasteiger partial charge in [0, 0.05) is 19.1 Å². The number of carbonyl (C=O) groups is 1. The summed E-state index contributed by atoms with van der Waals surface area (Å²) in [4.78, 5) is 11.5. The molecule has 82 valence electrons. The van der Waals surface area contributed by atoms with Crippen molar-refractivity contribution in [2.24, 2.45) is 5.92 Å². The van der Waals surface area contributed by atoms with Crippen LogP contribution in [0.25, 0.3) is 0 Å². The van der Waals surface area contributed by atoms with Gasteiger partial charge < -0.3 is 10.1 Å². The highest BCUT2D eigenvalue weighted by Crippen LogP contribution is 2.11. The van der Waals surface area contributed by atoms with E-state index >= 15 is 0 Å². The Hall–Kier alpha value is -0.570. The molecule has 1 fully saturated rings. The Kier molecular flexibility index (Phi) is 4.94. The third-order valence-electron chi connectivity index (χ3n) is 2.70. The molecule has 1 N–H and O–H groups in total. The van der Waals surface area contributed by atoms with Gasteiger partial charge in [-0.2, -0.15) is 0 Å².